The molecule has 3 N–H and O–H groups in total. The van der Waals surface area contributed by atoms with Gasteiger partial charge in [0.15, 0.2) is 6.04 Å². The Balaban J connectivity index is 1.62. The van der Waals surface area contributed by atoms with Crippen LogP contribution in [0, 0.1) is 13.8 Å². The first kappa shape index (κ1) is 28.0. The molecule has 3 rings (SSSR count). The SMILES string of the molecule is Cc1ccccc1CCNC(=O)C(NC(=O)C(S)Cc1ccccc1)C(=O)NCCc1ccccc1C. The van der Waals surface area contributed by atoms with Crippen molar-refractivity contribution < 1.29 is 14.4 Å². The number of rotatable bonds is 12. The molecule has 0 bridgehead atoms. The highest BCUT2D eigenvalue weighted by atomic mass is 32.1. The zero-order valence-corrected chi connectivity index (χ0v) is 22.3. The fraction of sp³-hybridized carbons (Fsp3) is 0.300. The van der Waals surface area contributed by atoms with Gasteiger partial charge in [-0.3, -0.25) is 14.4 Å². The van der Waals surface area contributed by atoms with Crippen molar-refractivity contribution in [3.63, 3.8) is 0 Å². The van der Waals surface area contributed by atoms with E-state index in [4.69, 9.17) is 0 Å². The Morgan fingerprint density at radius 1 is 0.676 bits per heavy atom. The molecule has 0 aliphatic rings. The maximum absolute atomic E-state index is 13.1. The van der Waals surface area contributed by atoms with Gasteiger partial charge in [-0.2, -0.15) is 12.6 Å². The minimum absolute atomic E-state index is 0.348. The van der Waals surface area contributed by atoms with E-state index in [1.807, 2.05) is 92.7 Å². The fourth-order valence-corrected chi connectivity index (χ4v) is 4.33. The predicted octanol–water partition coefficient (Wildman–Crippen LogP) is 3.35. The standard InChI is InChI=1S/C30H35N3O3S/c1-21-10-6-8-14-24(21)16-18-31-29(35)27(30(36)32-19-17-25-15-9-7-11-22(25)2)33-28(34)26(37)20-23-12-4-3-5-13-23/h3-15,26-27,37H,16-20H2,1-2H3,(H,31,35)(H,32,36)(H,33,34). The Kier molecular flexibility index (Phi) is 10.8. The number of hydrogen-bond acceptors (Lipinski definition) is 4. The average molecular weight is 518 g/mol. The summed E-state index contributed by atoms with van der Waals surface area (Å²) in [4.78, 5) is 39.0. The smallest absolute Gasteiger partial charge is 0.252 e. The van der Waals surface area contributed by atoms with Gasteiger partial charge in [-0.05, 0) is 60.9 Å². The molecule has 0 fully saturated rings. The molecule has 3 amide bonds. The van der Waals surface area contributed by atoms with Crippen molar-refractivity contribution in [1.82, 2.24) is 16.0 Å². The van der Waals surface area contributed by atoms with E-state index in [2.05, 4.69) is 28.6 Å². The van der Waals surface area contributed by atoms with Crippen LogP contribution in [0.2, 0.25) is 0 Å². The highest BCUT2D eigenvalue weighted by Gasteiger charge is 2.30. The molecule has 0 saturated carbocycles. The van der Waals surface area contributed by atoms with Crippen LogP contribution < -0.4 is 16.0 Å². The summed E-state index contributed by atoms with van der Waals surface area (Å²) < 4.78 is 0. The number of aryl methyl sites for hydroxylation is 2. The molecule has 3 aromatic carbocycles. The van der Waals surface area contributed by atoms with Crippen LogP contribution in [0.25, 0.3) is 0 Å². The van der Waals surface area contributed by atoms with Gasteiger partial charge in [0.2, 0.25) is 5.91 Å². The van der Waals surface area contributed by atoms with Crippen LogP contribution in [-0.4, -0.2) is 42.1 Å². The molecule has 0 aliphatic heterocycles. The van der Waals surface area contributed by atoms with Gasteiger partial charge >= 0.3 is 0 Å². The van der Waals surface area contributed by atoms with E-state index >= 15 is 0 Å². The van der Waals surface area contributed by atoms with Gasteiger partial charge in [-0.15, -0.1) is 0 Å². The van der Waals surface area contributed by atoms with E-state index in [0.717, 1.165) is 27.8 Å². The van der Waals surface area contributed by atoms with Crippen LogP contribution in [0.15, 0.2) is 78.9 Å². The van der Waals surface area contributed by atoms with Crippen LogP contribution in [0.3, 0.4) is 0 Å². The lowest BCUT2D eigenvalue weighted by molar-refractivity contribution is -0.136. The van der Waals surface area contributed by atoms with Crippen LogP contribution in [0.1, 0.15) is 27.8 Å². The molecule has 0 radical (unpaired) electrons. The Labute approximate surface area is 224 Å². The minimum Gasteiger partial charge on any atom is -0.354 e. The van der Waals surface area contributed by atoms with Crippen LogP contribution >= 0.6 is 12.6 Å². The first-order valence-electron chi connectivity index (χ1n) is 12.5. The second kappa shape index (κ2) is 14.2. The summed E-state index contributed by atoms with van der Waals surface area (Å²) >= 11 is 4.43. The van der Waals surface area contributed by atoms with E-state index in [0.29, 0.717) is 32.4 Å². The highest BCUT2D eigenvalue weighted by molar-refractivity contribution is 7.81. The third-order valence-corrected chi connectivity index (χ3v) is 6.71. The van der Waals surface area contributed by atoms with Gasteiger partial charge < -0.3 is 16.0 Å². The van der Waals surface area contributed by atoms with Gasteiger partial charge in [-0.25, -0.2) is 0 Å². The van der Waals surface area contributed by atoms with Gasteiger partial charge in [0, 0.05) is 13.1 Å². The molecule has 0 heterocycles. The van der Waals surface area contributed by atoms with Crippen molar-refractivity contribution in [2.24, 2.45) is 0 Å². The van der Waals surface area contributed by atoms with E-state index in [9.17, 15) is 14.4 Å². The largest absolute Gasteiger partial charge is 0.354 e. The zero-order valence-electron chi connectivity index (χ0n) is 21.4. The lowest BCUT2D eigenvalue weighted by Crippen LogP contribution is -2.57. The Hall–Kier alpha value is -3.58. The number of benzene rings is 3. The summed E-state index contributed by atoms with van der Waals surface area (Å²) in [6, 6.07) is 24.0. The Morgan fingerprint density at radius 3 is 1.62 bits per heavy atom. The second-order valence-electron chi connectivity index (χ2n) is 9.08. The molecule has 1 atom stereocenters. The van der Waals surface area contributed by atoms with Crippen LogP contribution in [0.5, 0.6) is 0 Å². The Morgan fingerprint density at radius 2 is 1.14 bits per heavy atom. The van der Waals surface area contributed by atoms with Crippen molar-refractivity contribution in [1.29, 1.82) is 0 Å². The minimum atomic E-state index is -1.35. The van der Waals surface area contributed by atoms with E-state index in [1.165, 1.54) is 0 Å². The first-order valence-corrected chi connectivity index (χ1v) is 13.0. The molecule has 1 unspecified atom stereocenters. The van der Waals surface area contributed by atoms with Gasteiger partial charge in [0.05, 0.1) is 5.25 Å². The molecule has 3 aromatic rings. The summed E-state index contributed by atoms with van der Waals surface area (Å²) in [6.45, 7) is 4.73. The molecule has 6 nitrogen and oxygen atoms in total. The number of carbonyl (C=O) groups excluding carboxylic acids is 3. The average Bonchev–Trinajstić information content (AvgIpc) is 2.89. The molecule has 37 heavy (non-hydrogen) atoms. The molecule has 0 saturated heterocycles. The van der Waals surface area contributed by atoms with E-state index < -0.39 is 29.0 Å². The van der Waals surface area contributed by atoms with Gasteiger partial charge in [0.1, 0.15) is 0 Å². The molecule has 0 aliphatic carbocycles. The van der Waals surface area contributed by atoms with E-state index in [1.54, 1.807) is 0 Å². The number of hydrogen-bond donors (Lipinski definition) is 4. The predicted molar refractivity (Wildman–Crippen MR) is 151 cm³/mol. The number of carbonyl (C=O) groups is 3. The summed E-state index contributed by atoms with van der Waals surface area (Å²) in [5.74, 6) is -1.56. The quantitative estimate of drug-likeness (QED) is 0.220. The topological polar surface area (TPSA) is 87.3 Å². The molecule has 7 heteroatoms. The van der Waals surface area contributed by atoms with Crippen LogP contribution in [-0.2, 0) is 33.6 Å². The molecule has 0 spiro atoms. The fourth-order valence-electron chi connectivity index (χ4n) is 4.04. The normalized spacial score (nSPS) is 11.6. The van der Waals surface area contributed by atoms with E-state index in [-0.39, 0.29) is 0 Å². The maximum atomic E-state index is 13.1. The second-order valence-corrected chi connectivity index (χ2v) is 9.71. The summed E-state index contributed by atoms with van der Waals surface area (Å²) in [5.41, 5.74) is 5.44. The number of nitrogens with one attached hydrogen (secondary N) is 3. The van der Waals surface area contributed by atoms with Gasteiger partial charge in [-0.1, -0.05) is 78.9 Å². The third kappa shape index (κ3) is 8.79. The molecule has 194 valence electrons. The third-order valence-electron chi connectivity index (χ3n) is 6.30. The number of thiol groups is 1. The first-order chi connectivity index (χ1) is 17.8. The van der Waals surface area contributed by atoms with Crippen molar-refractivity contribution >= 4 is 30.4 Å². The van der Waals surface area contributed by atoms with Gasteiger partial charge in [0.25, 0.3) is 11.8 Å². The highest BCUT2D eigenvalue weighted by Crippen LogP contribution is 2.10. The molecular formula is C30H35N3O3S. The lowest BCUT2D eigenvalue weighted by atomic mass is 10.1. The van der Waals surface area contributed by atoms with Crippen LogP contribution in [0.4, 0.5) is 0 Å². The van der Waals surface area contributed by atoms with Crippen molar-refractivity contribution in [2.45, 2.75) is 44.4 Å². The number of amides is 3. The lowest BCUT2D eigenvalue weighted by Gasteiger charge is -2.20. The van der Waals surface area contributed by atoms with Crippen molar-refractivity contribution in [3.05, 3.63) is 107 Å². The Bertz CT molecular complexity index is 1140. The summed E-state index contributed by atoms with van der Waals surface area (Å²) in [7, 11) is 0. The van der Waals surface area contributed by atoms with Crippen molar-refractivity contribution in [2.75, 3.05) is 13.1 Å². The van der Waals surface area contributed by atoms with Crippen molar-refractivity contribution in [3.8, 4) is 0 Å². The molecule has 0 aromatic heterocycles. The monoisotopic (exact) mass is 517 g/mol. The molecular weight excluding hydrogens is 482 g/mol. The maximum Gasteiger partial charge on any atom is 0.252 e. The zero-order chi connectivity index (χ0) is 26.6. The summed E-state index contributed by atoms with van der Waals surface area (Å²) in [5, 5.41) is 7.54. The summed E-state index contributed by atoms with van der Waals surface area (Å²) in [6.07, 6.45) is 1.63.